The SMILES string of the molecule is O=C(/C=C/c1cnc2ccccc2n1)NCc1cccc(Cl)c1. The highest BCUT2D eigenvalue weighted by atomic mass is 35.5. The molecule has 1 amide bonds. The van der Waals surface area contributed by atoms with E-state index in [2.05, 4.69) is 15.3 Å². The van der Waals surface area contributed by atoms with Crippen molar-refractivity contribution in [1.82, 2.24) is 15.3 Å². The highest BCUT2D eigenvalue weighted by molar-refractivity contribution is 6.30. The summed E-state index contributed by atoms with van der Waals surface area (Å²) in [5.74, 6) is -0.195. The number of carbonyl (C=O) groups is 1. The maximum Gasteiger partial charge on any atom is 0.244 e. The number of nitrogens with zero attached hydrogens (tertiary/aromatic N) is 2. The van der Waals surface area contributed by atoms with Crippen molar-refractivity contribution in [3.8, 4) is 0 Å². The second-order valence-electron chi connectivity index (χ2n) is 4.96. The summed E-state index contributed by atoms with van der Waals surface area (Å²) in [7, 11) is 0. The molecule has 3 rings (SSSR count). The van der Waals surface area contributed by atoms with Crippen molar-refractivity contribution in [2.75, 3.05) is 0 Å². The Labute approximate surface area is 138 Å². The minimum absolute atomic E-state index is 0.195. The maximum absolute atomic E-state index is 11.9. The van der Waals surface area contributed by atoms with Crippen molar-refractivity contribution in [2.24, 2.45) is 0 Å². The molecule has 3 aromatic rings. The highest BCUT2D eigenvalue weighted by Gasteiger charge is 1.99. The van der Waals surface area contributed by atoms with Crippen LogP contribution in [-0.4, -0.2) is 15.9 Å². The second-order valence-corrected chi connectivity index (χ2v) is 5.40. The lowest BCUT2D eigenvalue weighted by Crippen LogP contribution is -2.20. The first kappa shape index (κ1) is 15.2. The third-order valence-electron chi connectivity index (χ3n) is 3.23. The third-order valence-corrected chi connectivity index (χ3v) is 3.46. The Hall–Kier alpha value is -2.72. The van der Waals surface area contributed by atoms with Gasteiger partial charge in [0.2, 0.25) is 5.91 Å². The monoisotopic (exact) mass is 323 g/mol. The van der Waals surface area contributed by atoms with E-state index in [1.54, 1.807) is 18.3 Å². The molecule has 0 saturated carbocycles. The lowest BCUT2D eigenvalue weighted by molar-refractivity contribution is -0.116. The van der Waals surface area contributed by atoms with E-state index in [-0.39, 0.29) is 5.91 Å². The highest BCUT2D eigenvalue weighted by Crippen LogP contribution is 2.11. The van der Waals surface area contributed by atoms with Gasteiger partial charge in [-0.25, -0.2) is 4.98 Å². The number of amides is 1. The van der Waals surface area contributed by atoms with Crippen LogP contribution in [0.5, 0.6) is 0 Å². The van der Waals surface area contributed by atoms with E-state index in [1.807, 2.05) is 42.5 Å². The van der Waals surface area contributed by atoms with Gasteiger partial charge in [-0.2, -0.15) is 0 Å². The minimum atomic E-state index is -0.195. The molecule has 1 heterocycles. The Morgan fingerprint density at radius 3 is 2.78 bits per heavy atom. The first-order valence-electron chi connectivity index (χ1n) is 7.13. The number of nitrogens with one attached hydrogen (secondary N) is 1. The summed E-state index contributed by atoms with van der Waals surface area (Å²) in [4.78, 5) is 20.6. The number of benzene rings is 2. The molecule has 0 fully saturated rings. The molecule has 5 heteroatoms. The summed E-state index contributed by atoms with van der Waals surface area (Å²) in [6.07, 6.45) is 4.74. The van der Waals surface area contributed by atoms with Gasteiger partial charge in [-0.05, 0) is 35.9 Å². The lowest BCUT2D eigenvalue weighted by atomic mass is 10.2. The fraction of sp³-hybridized carbons (Fsp3) is 0.0556. The summed E-state index contributed by atoms with van der Waals surface area (Å²) in [5, 5.41) is 3.45. The zero-order valence-corrected chi connectivity index (χ0v) is 13.0. The average molecular weight is 324 g/mol. The Morgan fingerprint density at radius 1 is 1.13 bits per heavy atom. The topological polar surface area (TPSA) is 54.9 Å². The molecule has 1 N–H and O–H groups in total. The van der Waals surface area contributed by atoms with Crippen molar-refractivity contribution >= 4 is 34.6 Å². The second kappa shape index (κ2) is 7.03. The molecule has 0 aliphatic rings. The van der Waals surface area contributed by atoms with E-state index in [0.29, 0.717) is 17.3 Å². The van der Waals surface area contributed by atoms with Gasteiger partial charge in [-0.1, -0.05) is 35.9 Å². The van der Waals surface area contributed by atoms with Gasteiger partial charge >= 0.3 is 0 Å². The molecule has 2 aromatic carbocycles. The number of fused-ring (bicyclic) bond motifs is 1. The number of carbonyl (C=O) groups excluding carboxylic acids is 1. The quantitative estimate of drug-likeness (QED) is 0.746. The molecule has 0 radical (unpaired) electrons. The van der Waals surface area contributed by atoms with Crippen LogP contribution in [0.15, 0.2) is 60.8 Å². The van der Waals surface area contributed by atoms with Crippen molar-refractivity contribution < 1.29 is 4.79 Å². The van der Waals surface area contributed by atoms with Gasteiger partial charge in [0.15, 0.2) is 0 Å². The number of aromatic nitrogens is 2. The predicted molar refractivity (Wildman–Crippen MR) is 91.9 cm³/mol. The van der Waals surface area contributed by atoms with Crippen LogP contribution < -0.4 is 5.32 Å². The summed E-state index contributed by atoms with van der Waals surface area (Å²) in [5.41, 5.74) is 3.22. The first-order valence-corrected chi connectivity index (χ1v) is 7.51. The van der Waals surface area contributed by atoms with Crippen LogP contribution in [-0.2, 0) is 11.3 Å². The number of hydrogen-bond acceptors (Lipinski definition) is 3. The zero-order valence-electron chi connectivity index (χ0n) is 12.2. The average Bonchev–Trinajstić information content (AvgIpc) is 2.58. The number of hydrogen-bond donors (Lipinski definition) is 1. The van der Waals surface area contributed by atoms with Gasteiger partial charge in [0, 0.05) is 17.6 Å². The lowest BCUT2D eigenvalue weighted by Gasteiger charge is -2.03. The molecule has 23 heavy (non-hydrogen) atoms. The van der Waals surface area contributed by atoms with Crippen LogP contribution >= 0.6 is 11.6 Å². The van der Waals surface area contributed by atoms with E-state index < -0.39 is 0 Å². The normalized spacial score (nSPS) is 11.0. The van der Waals surface area contributed by atoms with Crippen molar-refractivity contribution in [3.63, 3.8) is 0 Å². The van der Waals surface area contributed by atoms with E-state index in [0.717, 1.165) is 16.6 Å². The van der Waals surface area contributed by atoms with Gasteiger partial charge in [-0.15, -0.1) is 0 Å². The Kier molecular flexibility index (Phi) is 4.64. The smallest absolute Gasteiger partial charge is 0.244 e. The van der Waals surface area contributed by atoms with Crippen LogP contribution in [0.1, 0.15) is 11.3 Å². The largest absolute Gasteiger partial charge is 0.348 e. The summed E-state index contributed by atoms with van der Waals surface area (Å²) >= 11 is 5.91. The van der Waals surface area contributed by atoms with Crippen molar-refractivity contribution in [3.05, 3.63) is 77.1 Å². The third kappa shape index (κ3) is 4.14. The van der Waals surface area contributed by atoms with Gasteiger partial charge in [0.05, 0.1) is 22.9 Å². The minimum Gasteiger partial charge on any atom is -0.348 e. The van der Waals surface area contributed by atoms with Gasteiger partial charge < -0.3 is 5.32 Å². The summed E-state index contributed by atoms with van der Waals surface area (Å²) < 4.78 is 0. The molecule has 1 aromatic heterocycles. The summed E-state index contributed by atoms with van der Waals surface area (Å²) in [6.45, 7) is 0.424. The maximum atomic E-state index is 11.9. The van der Waals surface area contributed by atoms with Crippen LogP contribution in [0.2, 0.25) is 5.02 Å². The molecule has 0 aliphatic heterocycles. The number of halogens is 1. The van der Waals surface area contributed by atoms with Gasteiger partial charge in [0.1, 0.15) is 0 Å². The molecule has 114 valence electrons. The molecule has 0 bridgehead atoms. The van der Waals surface area contributed by atoms with Crippen LogP contribution in [0.4, 0.5) is 0 Å². The Morgan fingerprint density at radius 2 is 1.96 bits per heavy atom. The van der Waals surface area contributed by atoms with Crippen LogP contribution in [0.25, 0.3) is 17.1 Å². The van der Waals surface area contributed by atoms with Gasteiger partial charge in [0.25, 0.3) is 0 Å². The molecule has 0 saturated heterocycles. The predicted octanol–water partition coefficient (Wildman–Crippen LogP) is 3.61. The van der Waals surface area contributed by atoms with Gasteiger partial charge in [-0.3, -0.25) is 9.78 Å². The molecule has 0 unspecified atom stereocenters. The fourth-order valence-corrected chi connectivity index (χ4v) is 2.32. The van der Waals surface area contributed by atoms with E-state index in [9.17, 15) is 4.79 Å². The van der Waals surface area contributed by atoms with Crippen LogP contribution in [0.3, 0.4) is 0 Å². The van der Waals surface area contributed by atoms with Crippen molar-refractivity contribution in [1.29, 1.82) is 0 Å². The molecule has 0 atom stereocenters. The Balaban J connectivity index is 1.63. The molecular weight excluding hydrogens is 310 g/mol. The van der Waals surface area contributed by atoms with E-state index in [4.69, 9.17) is 11.6 Å². The first-order chi connectivity index (χ1) is 11.2. The molecular formula is C18H14ClN3O. The summed E-state index contributed by atoms with van der Waals surface area (Å²) in [6, 6.07) is 15.0. The number of rotatable bonds is 4. The van der Waals surface area contributed by atoms with E-state index in [1.165, 1.54) is 6.08 Å². The van der Waals surface area contributed by atoms with Crippen molar-refractivity contribution in [2.45, 2.75) is 6.54 Å². The standard InChI is InChI=1S/C18H14ClN3O/c19-14-5-3-4-13(10-14)11-21-18(23)9-8-15-12-20-16-6-1-2-7-17(16)22-15/h1-10,12H,11H2,(H,21,23)/b9-8+. The zero-order chi connectivity index (χ0) is 16.1. The number of para-hydroxylation sites is 2. The van der Waals surface area contributed by atoms with E-state index >= 15 is 0 Å². The van der Waals surface area contributed by atoms with Crippen LogP contribution in [0, 0.1) is 0 Å². The fourth-order valence-electron chi connectivity index (χ4n) is 2.11. The molecule has 4 nitrogen and oxygen atoms in total. The molecule has 0 aliphatic carbocycles. The Bertz CT molecular complexity index is 877. The molecule has 0 spiro atoms.